The van der Waals surface area contributed by atoms with Crippen molar-refractivity contribution in [3.05, 3.63) is 34.7 Å². The van der Waals surface area contributed by atoms with Gasteiger partial charge in [0, 0.05) is 11.6 Å². The average molecular weight is 237 g/mol. The second-order valence-corrected chi connectivity index (χ2v) is 3.64. The normalized spacial score (nSPS) is 10.4. The Labute approximate surface area is 97.2 Å². The Morgan fingerprint density at radius 2 is 2.25 bits per heavy atom. The number of hydrogen-bond acceptors (Lipinski definition) is 4. The summed E-state index contributed by atoms with van der Waals surface area (Å²) in [6.45, 7) is 1.75. The highest BCUT2D eigenvalue weighted by molar-refractivity contribution is 6.34. The number of hydrogen-bond donors (Lipinski definition) is 0. The molecule has 0 aliphatic heterocycles. The molecule has 0 radical (unpaired) electrons. The first-order chi connectivity index (χ1) is 7.63. The molecular formula is C11H9ClN2O2. The number of methoxy groups -OCH3 is 1. The van der Waals surface area contributed by atoms with Crippen LogP contribution in [0.1, 0.15) is 16.1 Å². The summed E-state index contributed by atoms with van der Waals surface area (Å²) >= 11 is 5.93. The summed E-state index contributed by atoms with van der Waals surface area (Å²) in [5.41, 5.74) is 1.73. The van der Waals surface area contributed by atoms with Gasteiger partial charge in [-0.25, -0.2) is 9.78 Å². The summed E-state index contributed by atoms with van der Waals surface area (Å²) in [4.78, 5) is 19.7. The highest BCUT2D eigenvalue weighted by atomic mass is 35.5. The minimum Gasteiger partial charge on any atom is -0.465 e. The van der Waals surface area contributed by atoms with Gasteiger partial charge in [0.2, 0.25) is 0 Å². The number of carbonyl (C=O) groups is 1. The third-order valence-corrected chi connectivity index (χ3v) is 2.59. The zero-order valence-electron chi connectivity index (χ0n) is 8.82. The second kappa shape index (κ2) is 4.06. The summed E-state index contributed by atoms with van der Waals surface area (Å²) < 4.78 is 4.66. The molecule has 16 heavy (non-hydrogen) atoms. The lowest BCUT2D eigenvalue weighted by molar-refractivity contribution is 0.0599. The molecule has 0 fully saturated rings. The predicted octanol–water partition coefficient (Wildman–Crippen LogP) is 2.38. The van der Waals surface area contributed by atoms with E-state index in [0.717, 1.165) is 0 Å². The molecule has 0 aliphatic carbocycles. The lowest BCUT2D eigenvalue weighted by atomic mass is 10.1. The van der Waals surface area contributed by atoms with Crippen molar-refractivity contribution in [1.82, 2.24) is 9.97 Å². The van der Waals surface area contributed by atoms with E-state index in [0.29, 0.717) is 27.3 Å². The average Bonchev–Trinajstić information content (AvgIpc) is 2.28. The maximum atomic E-state index is 11.5. The van der Waals surface area contributed by atoms with Crippen LogP contribution in [0.2, 0.25) is 5.15 Å². The first-order valence-electron chi connectivity index (χ1n) is 4.63. The number of rotatable bonds is 1. The molecule has 0 unspecified atom stereocenters. The monoisotopic (exact) mass is 236 g/mol. The van der Waals surface area contributed by atoms with Crippen molar-refractivity contribution >= 4 is 28.5 Å². The van der Waals surface area contributed by atoms with Crippen LogP contribution < -0.4 is 0 Å². The van der Waals surface area contributed by atoms with E-state index in [4.69, 9.17) is 11.6 Å². The first kappa shape index (κ1) is 10.8. The number of ether oxygens (including phenoxy) is 1. The molecule has 0 amide bonds. The molecule has 5 heteroatoms. The van der Waals surface area contributed by atoms with Crippen molar-refractivity contribution < 1.29 is 9.53 Å². The molecule has 0 aromatic carbocycles. The third-order valence-electron chi connectivity index (χ3n) is 2.29. The molecule has 0 atom stereocenters. The predicted molar refractivity (Wildman–Crippen MR) is 60.6 cm³/mol. The summed E-state index contributed by atoms with van der Waals surface area (Å²) in [5, 5.41) is 0.977. The molecule has 2 aromatic heterocycles. The van der Waals surface area contributed by atoms with Crippen LogP contribution in [0.3, 0.4) is 0 Å². The van der Waals surface area contributed by atoms with E-state index >= 15 is 0 Å². The van der Waals surface area contributed by atoms with Gasteiger partial charge in [0.05, 0.1) is 23.9 Å². The van der Waals surface area contributed by atoms with Crippen LogP contribution in [0, 0.1) is 6.92 Å². The third kappa shape index (κ3) is 1.72. The number of carbonyl (C=O) groups excluding carboxylic acids is 1. The highest BCUT2D eigenvalue weighted by Crippen LogP contribution is 2.22. The standard InChI is InChI=1S/C11H9ClN2O2/c1-6-7(11(15)16-2)5-8-9(14-6)3-4-13-10(8)12/h3-5H,1-2H3. The minimum atomic E-state index is -0.424. The Morgan fingerprint density at radius 1 is 1.50 bits per heavy atom. The van der Waals surface area contributed by atoms with Gasteiger partial charge >= 0.3 is 5.97 Å². The van der Waals surface area contributed by atoms with Gasteiger partial charge in [0.1, 0.15) is 5.15 Å². The van der Waals surface area contributed by atoms with Crippen LogP contribution in [-0.4, -0.2) is 23.0 Å². The summed E-state index contributed by atoms with van der Waals surface area (Å²) in [5.74, 6) is -0.424. The van der Waals surface area contributed by atoms with Crippen LogP contribution in [0.25, 0.3) is 10.9 Å². The van der Waals surface area contributed by atoms with Gasteiger partial charge in [0.15, 0.2) is 0 Å². The van der Waals surface area contributed by atoms with Gasteiger partial charge in [0.25, 0.3) is 0 Å². The molecule has 4 nitrogen and oxygen atoms in total. The van der Waals surface area contributed by atoms with Gasteiger partial charge in [-0.2, -0.15) is 0 Å². The zero-order chi connectivity index (χ0) is 11.7. The van der Waals surface area contributed by atoms with Crippen LogP contribution in [0.5, 0.6) is 0 Å². The van der Waals surface area contributed by atoms with E-state index in [1.165, 1.54) is 7.11 Å². The van der Waals surface area contributed by atoms with E-state index in [2.05, 4.69) is 14.7 Å². The molecule has 0 saturated carbocycles. The number of aryl methyl sites for hydroxylation is 1. The number of fused-ring (bicyclic) bond motifs is 1. The molecule has 0 aliphatic rings. The Balaban J connectivity index is 2.74. The lowest BCUT2D eigenvalue weighted by Gasteiger charge is -2.05. The summed E-state index contributed by atoms with van der Waals surface area (Å²) in [6.07, 6.45) is 1.58. The molecule has 2 heterocycles. The van der Waals surface area contributed by atoms with Crippen molar-refractivity contribution in [2.24, 2.45) is 0 Å². The van der Waals surface area contributed by atoms with Gasteiger partial charge in [-0.05, 0) is 19.1 Å². The molecule has 0 N–H and O–H groups in total. The Kier molecular flexibility index (Phi) is 2.75. The molecule has 82 valence electrons. The van der Waals surface area contributed by atoms with Crippen LogP contribution >= 0.6 is 11.6 Å². The quantitative estimate of drug-likeness (QED) is 0.564. The molecule has 0 saturated heterocycles. The Morgan fingerprint density at radius 3 is 2.94 bits per heavy atom. The van der Waals surface area contributed by atoms with E-state index < -0.39 is 5.97 Å². The maximum Gasteiger partial charge on any atom is 0.339 e. The van der Waals surface area contributed by atoms with Crippen molar-refractivity contribution in [2.45, 2.75) is 6.92 Å². The Hall–Kier alpha value is -1.68. The summed E-state index contributed by atoms with van der Waals surface area (Å²) in [6, 6.07) is 3.40. The minimum absolute atomic E-state index is 0.329. The number of esters is 1. The molecule has 0 spiro atoms. The van der Waals surface area contributed by atoms with Crippen LogP contribution in [-0.2, 0) is 4.74 Å². The smallest absolute Gasteiger partial charge is 0.339 e. The van der Waals surface area contributed by atoms with Crippen molar-refractivity contribution in [2.75, 3.05) is 7.11 Å². The molecular weight excluding hydrogens is 228 g/mol. The number of halogens is 1. The van der Waals surface area contributed by atoms with Crippen LogP contribution in [0.15, 0.2) is 18.3 Å². The van der Waals surface area contributed by atoms with E-state index in [1.54, 1.807) is 25.3 Å². The van der Waals surface area contributed by atoms with Gasteiger partial charge in [-0.3, -0.25) is 4.98 Å². The van der Waals surface area contributed by atoms with Crippen LogP contribution in [0.4, 0.5) is 0 Å². The van der Waals surface area contributed by atoms with Crippen molar-refractivity contribution in [1.29, 1.82) is 0 Å². The number of pyridine rings is 2. The molecule has 2 aromatic rings. The molecule has 2 rings (SSSR count). The van der Waals surface area contributed by atoms with Crippen molar-refractivity contribution in [3.63, 3.8) is 0 Å². The van der Waals surface area contributed by atoms with E-state index in [1.807, 2.05) is 0 Å². The topological polar surface area (TPSA) is 52.1 Å². The van der Waals surface area contributed by atoms with Gasteiger partial charge in [-0.1, -0.05) is 11.6 Å². The van der Waals surface area contributed by atoms with E-state index in [9.17, 15) is 4.79 Å². The van der Waals surface area contributed by atoms with E-state index in [-0.39, 0.29) is 0 Å². The second-order valence-electron chi connectivity index (χ2n) is 3.28. The highest BCUT2D eigenvalue weighted by Gasteiger charge is 2.13. The number of aromatic nitrogens is 2. The SMILES string of the molecule is COC(=O)c1cc2c(Cl)nccc2nc1C. The fraction of sp³-hybridized carbons (Fsp3) is 0.182. The molecule has 0 bridgehead atoms. The fourth-order valence-electron chi connectivity index (χ4n) is 1.48. The van der Waals surface area contributed by atoms with Crippen molar-refractivity contribution in [3.8, 4) is 0 Å². The number of nitrogens with zero attached hydrogens (tertiary/aromatic N) is 2. The van der Waals surface area contributed by atoms with Gasteiger partial charge in [-0.15, -0.1) is 0 Å². The van der Waals surface area contributed by atoms with Gasteiger partial charge < -0.3 is 4.74 Å². The fourth-order valence-corrected chi connectivity index (χ4v) is 1.68. The Bertz CT molecular complexity index is 569. The first-order valence-corrected chi connectivity index (χ1v) is 5.01. The maximum absolute atomic E-state index is 11.5. The lowest BCUT2D eigenvalue weighted by Crippen LogP contribution is -2.05. The largest absolute Gasteiger partial charge is 0.465 e. The summed E-state index contributed by atoms with van der Waals surface area (Å²) in [7, 11) is 1.33. The zero-order valence-corrected chi connectivity index (χ0v) is 9.58.